The van der Waals surface area contributed by atoms with Crippen molar-refractivity contribution in [2.75, 3.05) is 35.7 Å². The molecule has 2 aliphatic heterocycles. The number of anilines is 3. The van der Waals surface area contributed by atoms with Crippen LogP contribution >= 0.6 is 0 Å². The molecule has 0 radical (unpaired) electrons. The molecule has 10 nitrogen and oxygen atoms in total. The number of guanidine groups is 1. The summed E-state index contributed by atoms with van der Waals surface area (Å²) in [6, 6.07) is 7.54. The molecular formula is C22H25N7O3. The van der Waals surface area contributed by atoms with Gasteiger partial charge in [0, 0.05) is 37.4 Å². The van der Waals surface area contributed by atoms with Gasteiger partial charge in [-0.05, 0) is 37.1 Å². The molecule has 32 heavy (non-hydrogen) atoms. The lowest BCUT2D eigenvalue weighted by Gasteiger charge is -2.41. The normalized spacial score (nSPS) is 19.5. The second-order valence-electron chi connectivity index (χ2n) is 8.11. The van der Waals surface area contributed by atoms with Crippen molar-refractivity contribution < 1.29 is 14.4 Å². The number of likely N-dealkylation sites (N-methyl/N-ethyl adjacent to an activating group) is 1. The predicted molar refractivity (Wildman–Crippen MR) is 121 cm³/mol. The van der Waals surface area contributed by atoms with Crippen LogP contribution in [-0.2, 0) is 0 Å². The highest BCUT2D eigenvalue weighted by atomic mass is 16.5. The minimum absolute atomic E-state index is 0.0923. The Balaban J connectivity index is 1.54. The topological polar surface area (TPSA) is 109 Å². The average Bonchev–Trinajstić information content (AvgIpc) is 3.50. The zero-order valence-electron chi connectivity index (χ0n) is 17.7. The van der Waals surface area contributed by atoms with Gasteiger partial charge in [-0.2, -0.15) is 4.99 Å². The Labute approximate surface area is 185 Å². The molecule has 10 heteroatoms. The van der Waals surface area contributed by atoms with E-state index in [1.807, 2.05) is 41.1 Å². The number of carbonyl (C=O) groups is 1. The van der Waals surface area contributed by atoms with E-state index in [0.29, 0.717) is 41.9 Å². The second-order valence-corrected chi connectivity index (χ2v) is 8.11. The number of nitrogens with zero attached hydrogens (tertiary/aromatic N) is 5. The van der Waals surface area contributed by atoms with E-state index < -0.39 is 6.23 Å². The van der Waals surface area contributed by atoms with E-state index in [9.17, 15) is 9.90 Å². The van der Waals surface area contributed by atoms with Crippen LogP contribution in [0.4, 0.5) is 21.9 Å². The molecule has 3 N–H and O–H groups in total. The van der Waals surface area contributed by atoms with Gasteiger partial charge < -0.3 is 30.1 Å². The van der Waals surface area contributed by atoms with Gasteiger partial charge >= 0.3 is 6.03 Å². The van der Waals surface area contributed by atoms with Crippen molar-refractivity contribution in [2.45, 2.75) is 25.1 Å². The number of rotatable bonds is 6. The van der Waals surface area contributed by atoms with Crippen molar-refractivity contribution in [3.63, 3.8) is 0 Å². The van der Waals surface area contributed by atoms with E-state index in [-0.39, 0.29) is 12.1 Å². The Bertz CT molecular complexity index is 1090. The molecule has 3 aliphatic rings. The Morgan fingerprint density at radius 2 is 2.16 bits per heavy atom. The van der Waals surface area contributed by atoms with Gasteiger partial charge in [0.2, 0.25) is 5.96 Å². The second kappa shape index (κ2) is 8.04. The maximum atomic E-state index is 13.6. The summed E-state index contributed by atoms with van der Waals surface area (Å²) in [5.74, 6) is 1.21. The highest BCUT2D eigenvalue weighted by molar-refractivity contribution is 6.01. The summed E-state index contributed by atoms with van der Waals surface area (Å²) >= 11 is 0. The Morgan fingerprint density at radius 1 is 1.31 bits per heavy atom. The fraction of sp³-hybridized carbons (Fsp3) is 0.318. The third-order valence-electron chi connectivity index (χ3n) is 5.65. The number of amides is 2. The van der Waals surface area contributed by atoms with Crippen LogP contribution in [0, 0.1) is 0 Å². The first-order chi connectivity index (χ1) is 15.5. The first-order valence-corrected chi connectivity index (χ1v) is 10.5. The van der Waals surface area contributed by atoms with Crippen molar-refractivity contribution in [1.82, 2.24) is 15.0 Å². The molecule has 1 aromatic carbocycles. The predicted octanol–water partition coefficient (Wildman–Crippen LogP) is 2.62. The van der Waals surface area contributed by atoms with Crippen LogP contribution < -0.4 is 15.5 Å². The van der Waals surface area contributed by atoms with Crippen LogP contribution in [0.15, 0.2) is 70.3 Å². The molecule has 0 bridgehead atoms. The van der Waals surface area contributed by atoms with Crippen molar-refractivity contribution in [2.24, 2.45) is 4.99 Å². The van der Waals surface area contributed by atoms with E-state index in [1.54, 1.807) is 11.1 Å². The number of aliphatic imine (C=N–C) groups is 1. The summed E-state index contributed by atoms with van der Waals surface area (Å²) in [6.07, 6.45) is 5.63. The van der Waals surface area contributed by atoms with Gasteiger partial charge in [0.1, 0.15) is 24.0 Å². The average molecular weight is 435 g/mol. The molecule has 2 aromatic rings. The van der Waals surface area contributed by atoms with Crippen LogP contribution in [0.3, 0.4) is 0 Å². The molecule has 1 unspecified atom stereocenters. The zero-order chi connectivity index (χ0) is 22.2. The molecule has 1 aromatic heterocycles. The van der Waals surface area contributed by atoms with Gasteiger partial charge in [0.05, 0.1) is 11.9 Å². The van der Waals surface area contributed by atoms with Crippen LogP contribution in [0.1, 0.15) is 12.8 Å². The number of aliphatic hydroxyl groups excluding tert-OH is 1. The molecule has 0 spiro atoms. The number of nitrogens with one attached hydrogen (secondary N) is 2. The smallest absolute Gasteiger partial charge is 0.330 e. The number of aromatic nitrogens is 1. The molecular weight excluding hydrogens is 410 g/mol. The minimum Gasteiger partial charge on any atom is -0.370 e. The Morgan fingerprint density at radius 3 is 2.88 bits per heavy atom. The maximum Gasteiger partial charge on any atom is 0.330 e. The standard InChI is InChI=1S/C22H25N7O3/c1-3-19(30)24-15-5-4-6-18(9-15)29-20-14(12-28(22(29)31)17-7-8-17)11-27(2)21(26-20)25-16-10-23-32-13-16/h3-6,9-10,13,17,19,24,30H,1,7-8,11-12H2,2H3,(H,25,26). The van der Waals surface area contributed by atoms with Crippen molar-refractivity contribution in [3.05, 3.63) is 60.8 Å². The summed E-state index contributed by atoms with van der Waals surface area (Å²) in [4.78, 5) is 24.0. The van der Waals surface area contributed by atoms with Crippen molar-refractivity contribution in [1.29, 1.82) is 0 Å². The molecule has 1 atom stereocenters. The number of benzene rings is 1. The fourth-order valence-electron chi connectivity index (χ4n) is 3.91. The molecule has 0 saturated heterocycles. The summed E-state index contributed by atoms with van der Waals surface area (Å²) in [5, 5.41) is 19.7. The summed E-state index contributed by atoms with van der Waals surface area (Å²) in [6.45, 7) is 4.78. The van der Waals surface area contributed by atoms with Gasteiger partial charge in [-0.1, -0.05) is 17.8 Å². The summed E-state index contributed by atoms with van der Waals surface area (Å²) in [7, 11) is 1.95. The molecule has 2 amide bonds. The lowest BCUT2D eigenvalue weighted by Crippen LogP contribution is -2.53. The minimum atomic E-state index is -0.888. The number of hydrogen-bond acceptors (Lipinski definition) is 8. The molecule has 3 heterocycles. The van der Waals surface area contributed by atoms with Gasteiger partial charge in [0.25, 0.3) is 0 Å². The highest BCUT2D eigenvalue weighted by Gasteiger charge is 2.42. The lowest BCUT2D eigenvalue weighted by atomic mass is 10.1. The number of hydrogen-bond donors (Lipinski definition) is 3. The highest BCUT2D eigenvalue weighted by Crippen LogP contribution is 2.37. The SMILES string of the molecule is C=CC(O)Nc1cccc(N2C(=O)N(C3CC3)CC3=C2N=C(Nc2cnoc2)N(C)C3)c1. The molecule has 1 saturated carbocycles. The van der Waals surface area contributed by atoms with Crippen molar-refractivity contribution >= 4 is 29.1 Å². The van der Waals surface area contributed by atoms with E-state index >= 15 is 0 Å². The van der Waals surface area contributed by atoms with E-state index in [2.05, 4.69) is 22.4 Å². The van der Waals surface area contributed by atoms with E-state index in [4.69, 9.17) is 9.52 Å². The van der Waals surface area contributed by atoms with Gasteiger partial charge in [-0.3, -0.25) is 0 Å². The van der Waals surface area contributed by atoms with E-state index in [0.717, 1.165) is 18.4 Å². The first-order valence-electron chi connectivity index (χ1n) is 10.5. The Hall–Kier alpha value is -3.79. The molecule has 1 fully saturated rings. The van der Waals surface area contributed by atoms with Crippen LogP contribution in [0.2, 0.25) is 0 Å². The van der Waals surface area contributed by atoms with Gasteiger partial charge in [-0.15, -0.1) is 0 Å². The van der Waals surface area contributed by atoms with Crippen LogP contribution in [-0.4, -0.2) is 64.5 Å². The quantitative estimate of drug-likeness (QED) is 0.473. The number of aliphatic hydroxyl groups is 1. The largest absolute Gasteiger partial charge is 0.370 e. The summed E-state index contributed by atoms with van der Waals surface area (Å²) in [5.41, 5.74) is 3.09. The third-order valence-corrected chi connectivity index (χ3v) is 5.65. The number of carbonyl (C=O) groups excluding carboxylic acids is 1. The fourth-order valence-corrected chi connectivity index (χ4v) is 3.91. The first kappa shape index (κ1) is 20.1. The van der Waals surface area contributed by atoms with Crippen LogP contribution in [0.5, 0.6) is 0 Å². The third kappa shape index (κ3) is 3.80. The van der Waals surface area contributed by atoms with Gasteiger partial charge in [0.15, 0.2) is 0 Å². The monoisotopic (exact) mass is 435 g/mol. The van der Waals surface area contributed by atoms with Crippen LogP contribution in [0.25, 0.3) is 0 Å². The lowest BCUT2D eigenvalue weighted by molar-refractivity contribution is 0.202. The molecule has 166 valence electrons. The Kier molecular flexibility index (Phi) is 5.06. The van der Waals surface area contributed by atoms with Gasteiger partial charge in [-0.25, -0.2) is 9.69 Å². The number of urea groups is 1. The summed E-state index contributed by atoms with van der Waals surface area (Å²) < 4.78 is 4.90. The molecule has 5 rings (SSSR count). The molecule has 1 aliphatic carbocycles. The maximum absolute atomic E-state index is 13.6. The zero-order valence-corrected chi connectivity index (χ0v) is 17.7. The van der Waals surface area contributed by atoms with Crippen molar-refractivity contribution in [3.8, 4) is 0 Å². The van der Waals surface area contributed by atoms with E-state index in [1.165, 1.54) is 12.3 Å².